The number of aryl methyl sites for hydroxylation is 1. The quantitative estimate of drug-likeness (QED) is 0.751. The van der Waals surface area contributed by atoms with Crippen molar-refractivity contribution in [2.75, 3.05) is 17.2 Å². The van der Waals surface area contributed by atoms with Gasteiger partial charge in [0.1, 0.15) is 0 Å². The molecule has 0 atom stereocenters. The molecule has 0 unspecified atom stereocenters. The predicted molar refractivity (Wildman–Crippen MR) is 96.8 cm³/mol. The summed E-state index contributed by atoms with van der Waals surface area (Å²) in [4.78, 5) is 12.0. The fourth-order valence-corrected chi connectivity index (χ4v) is 2.45. The number of carbonyl (C=O) groups is 1. The number of hydrogen-bond donors (Lipinski definition) is 2. The minimum atomic E-state index is -0.0355. The molecule has 2 rings (SSSR count). The molecule has 0 aliphatic rings. The number of anilines is 2. The van der Waals surface area contributed by atoms with Crippen LogP contribution in [-0.2, 0) is 4.79 Å². The smallest absolute Gasteiger partial charge is 0.226 e. The highest BCUT2D eigenvalue weighted by Crippen LogP contribution is 2.23. The normalized spacial score (nSPS) is 10.4. The van der Waals surface area contributed by atoms with Gasteiger partial charge >= 0.3 is 0 Å². The molecule has 116 valence electrons. The molecule has 5 heteroatoms. The van der Waals surface area contributed by atoms with Crippen LogP contribution in [0.15, 0.2) is 40.9 Å². The Balaban J connectivity index is 1.85. The van der Waals surface area contributed by atoms with Crippen molar-refractivity contribution in [2.45, 2.75) is 20.3 Å². The highest BCUT2D eigenvalue weighted by molar-refractivity contribution is 9.10. The highest BCUT2D eigenvalue weighted by Gasteiger charge is 2.06. The van der Waals surface area contributed by atoms with Crippen molar-refractivity contribution in [1.82, 2.24) is 0 Å². The number of nitrogens with one attached hydrogen (secondary N) is 2. The molecule has 2 aromatic rings. The number of rotatable bonds is 5. The van der Waals surface area contributed by atoms with Crippen molar-refractivity contribution in [3.8, 4) is 0 Å². The van der Waals surface area contributed by atoms with E-state index in [1.807, 2.05) is 50.2 Å². The van der Waals surface area contributed by atoms with E-state index in [9.17, 15) is 4.79 Å². The Morgan fingerprint density at radius 3 is 2.73 bits per heavy atom. The lowest BCUT2D eigenvalue weighted by Gasteiger charge is -2.11. The summed E-state index contributed by atoms with van der Waals surface area (Å²) < 4.78 is 1.08. The molecule has 0 radical (unpaired) electrons. The molecular weight excluding hydrogens is 364 g/mol. The summed E-state index contributed by atoms with van der Waals surface area (Å²) in [5.41, 5.74) is 3.81. The van der Waals surface area contributed by atoms with E-state index in [0.717, 1.165) is 27.0 Å². The van der Waals surface area contributed by atoms with Gasteiger partial charge in [-0.3, -0.25) is 4.79 Å². The molecule has 0 heterocycles. The molecule has 0 bridgehead atoms. The lowest BCUT2D eigenvalue weighted by atomic mass is 10.2. The Morgan fingerprint density at radius 2 is 2.00 bits per heavy atom. The molecule has 1 amide bonds. The van der Waals surface area contributed by atoms with Crippen LogP contribution in [0.3, 0.4) is 0 Å². The molecule has 22 heavy (non-hydrogen) atoms. The number of hydrogen-bond acceptors (Lipinski definition) is 2. The number of amides is 1. The zero-order chi connectivity index (χ0) is 16.1. The first-order valence-electron chi connectivity index (χ1n) is 7.02. The highest BCUT2D eigenvalue weighted by atomic mass is 79.9. The van der Waals surface area contributed by atoms with Crippen molar-refractivity contribution in [2.24, 2.45) is 0 Å². The summed E-state index contributed by atoms with van der Waals surface area (Å²) in [5, 5.41) is 6.79. The van der Waals surface area contributed by atoms with E-state index in [4.69, 9.17) is 11.6 Å². The van der Waals surface area contributed by atoms with E-state index in [0.29, 0.717) is 18.0 Å². The van der Waals surface area contributed by atoms with E-state index in [2.05, 4.69) is 26.6 Å². The van der Waals surface area contributed by atoms with Crippen LogP contribution in [0, 0.1) is 13.8 Å². The zero-order valence-corrected chi connectivity index (χ0v) is 14.9. The van der Waals surface area contributed by atoms with E-state index in [-0.39, 0.29) is 5.91 Å². The lowest BCUT2D eigenvalue weighted by Crippen LogP contribution is -2.16. The Morgan fingerprint density at radius 1 is 1.23 bits per heavy atom. The van der Waals surface area contributed by atoms with E-state index in [1.165, 1.54) is 0 Å². The maximum Gasteiger partial charge on any atom is 0.226 e. The second-order valence-corrected chi connectivity index (χ2v) is 6.36. The van der Waals surface area contributed by atoms with E-state index < -0.39 is 0 Å². The molecule has 0 saturated carbocycles. The number of benzene rings is 2. The predicted octanol–water partition coefficient (Wildman–Crippen LogP) is 5.16. The van der Waals surface area contributed by atoms with Crippen molar-refractivity contribution in [3.05, 3.63) is 57.0 Å². The van der Waals surface area contributed by atoms with Crippen LogP contribution in [0.1, 0.15) is 17.5 Å². The van der Waals surface area contributed by atoms with Gasteiger partial charge in [-0.1, -0.05) is 33.6 Å². The van der Waals surface area contributed by atoms with Gasteiger partial charge in [-0.15, -0.1) is 0 Å². The SMILES string of the molecule is Cc1cc(NCCC(=O)Nc2cccc(Cl)c2C)ccc1Br. The maximum absolute atomic E-state index is 12.0. The second-order valence-electron chi connectivity index (χ2n) is 5.10. The van der Waals surface area contributed by atoms with Crippen LogP contribution in [0.5, 0.6) is 0 Å². The first-order chi connectivity index (χ1) is 10.5. The topological polar surface area (TPSA) is 41.1 Å². The maximum atomic E-state index is 12.0. The van der Waals surface area contributed by atoms with Gasteiger partial charge in [0.2, 0.25) is 5.91 Å². The van der Waals surface area contributed by atoms with Crippen molar-refractivity contribution < 1.29 is 4.79 Å². The third-order valence-corrected chi connectivity index (χ3v) is 4.68. The van der Waals surface area contributed by atoms with Gasteiger partial charge in [-0.05, 0) is 55.3 Å². The minimum absolute atomic E-state index is 0.0355. The molecule has 2 N–H and O–H groups in total. The van der Waals surface area contributed by atoms with Crippen molar-refractivity contribution >= 4 is 44.8 Å². The zero-order valence-electron chi connectivity index (χ0n) is 12.5. The summed E-state index contributed by atoms with van der Waals surface area (Å²) >= 11 is 9.51. The van der Waals surface area contributed by atoms with Crippen LogP contribution >= 0.6 is 27.5 Å². The monoisotopic (exact) mass is 380 g/mol. The van der Waals surface area contributed by atoms with Crippen LogP contribution in [-0.4, -0.2) is 12.5 Å². The third-order valence-electron chi connectivity index (χ3n) is 3.38. The molecule has 0 spiro atoms. The van der Waals surface area contributed by atoms with Crippen LogP contribution < -0.4 is 10.6 Å². The fourth-order valence-electron chi connectivity index (χ4n) is 2.03. The first-order valence-corrected chi connectivity index (χ1v) is 8.19. The molecule has 0 aliphatic heterocycles. The van der Waals surface area contributed by atoms with E-state index >= 15 is 0 Å². The summed E-state index contributed by atoms with van der Waals surface area (Å²) in [6.45, 7) is 4.50. The molecule has 2 aromatic carbocycles. The molecule has 3 nitrogen and oxygen atoms in total. The standard InChI is InChI=1S/C17H18BrClN2O/c1-11-10-13(6-7-14(11)18)20-9-8-17(22)21-16-5-3-4-15(19)12(16)2/h3-7,10,20H,8-9H2,1-2H3,(H,21,22). The van der Waals surface area contributed by atoms with Gasteiger partial charge in [-0.2, -0.15) is 0 Å². The summed E-state index contributed by atoms with van der Waals surface area (Å²) in [5.74, 6) is -0.0355. The first kappa shape index (κ1) is 16.8. The largest absolute Gasteiger partial charge is 0.385 e. The van der Waals surface area contributed by atoms with Crippen molar-refractivity contribution in [1.29, 1.82) is 0 Å². The molecule has 0 aromatic heterocycles. The average molecular weight is 382 g/mol. The Hall–Kier alpha value is -1.52. The van der Waals surface area contributed by atoms with Gasteiger partial charge in [0, 0.05) is 33.8 Å². The lowest BCUT2D eigenvalue weighted by molar-refractivity contribution is -0.115. The summed E-state index contributed by atoms with van der Waals surface area (Å²) in [7, 11) is 0. The number of carbonyl (C=O) groups excluding carboxylic acids is 1. The third kappa shape index (κ3) is 4.49. The second kappa shape index (κ2) is 7.65. The molecule has 0 saturated heterocycles. The Kier molecular flexibility index (Phi) is 5.86. The summed E-state index contributed by atoms with van der Waals surface area (Å²) in [6.07, 6.45) is 0.390. The Bertz CT molecular complexity index is 688. The van der Waals surface area contributed by atoms with Crippen LogP contribution in [0.4, 0.5) is 11.4 Å². The van der Waals surface area contributed by atoms with Gasteiger partial charge in [0.15, 0.2) is 0 Å². The molecule has 0 aliphatic carbocycles. The van der Waals surface area contributed by atoms with Crippen LogP contribution in [0.2, 0.25) is 5.02 Å². The Labute approximate surface area is 144 Å². The van der Waals surface area contributed by atoms with Crippen molar-refractivity contribution in [3.63, 3.8) is 0 Å². The summed E-state index contributed by atoms with van der Waals surface area (Å²) in [6, 6.07) is 11.5. The van der Waals surface area contributed by atoms with Gasteiger partial charge in [-0.25, -0.2) is 0 Å². The minimum Gasteiger partial charge on any atom is -0.385 e. The number of halogens is 2. The van der Waals surface area contributed by atoms with E-state index in [1.54, 1.807) is 0 Å². The van der Waals surface area contributed by atoms with Gasteiger partial charge < -0.3 is 10.6 Å². The molecule has 0 fully saturated rings. The average Bonchev–Trinajstić information content (AvgIpc) is 2.48. The fraction of sp³-hybridized carbons (Fsp3) is 0.235. The molecular formula is C17H18BrClN2O. The van der Waals surface area contributed by atoms with Gasteiger partial charge in [0.25, 0.3) is 0 Å². The van der Waals surface area contributed by atoms with Crippen LogP contribution in [0.25, 0.3) is 0 Å². The van der Waals surface area contributed by atoms with Gasteiger partial charge in [0.05, 0.1) is 0 Å².